The highest BCUT2D eigenvalue weighted by atomic mass is 32.1. The number of hydrogen-bond donors (Lipinski definition) is 1. The van der Waals surface area contributed by atoms with Gasteiger partial charge in [-0.15, -0.1) is 5.10 Å². The second-order valence-corrected chi connectivity index (χ2v) is 7.70. The molecule has 3 aromatic rings. The van der Waals surface area contributed by atoms with E-state index in [0.717, 1.165) is 68.9 Å². The first-order valence-electron chi connectivity index (χ1n) is 9.61. The predicted octanol–water partition coefficient (Wildman–Crippen LogP) is 1.13. The van der Waals surface area contributed by atoms with E-state index in [2.05, 4.69) is 42.1 Å². The average Bonchev–Trinajstić information content (AvgIpc) is 3.13. The molecule has 148 valence electrons. The molecule has 10 heteroatoms. The minimum Gasteiger partial charge on any atom is -0.359 e. The molecular weight excluding hydrogens is 376 g/mol. The molecular formula is C18H24N8OS. The topological polar surface area (TPSA) is 91.6 Å². The summed E-state index contributed by atoms with van der Waals surface area (Å²) in [7, 11) is 0. The molecule has 0 radical (unpaired) electrons. The number of hydrogen-bond acceptors (Lipinski definition) is 9. The lowest BCUT2D eigenvalue weighted by Crippen LogP contribution is -2.48. The molecule has 4 rings (SSSR count). The molecule has 1 saturated heterocycles. The summed E-state index contributed by atoms with van der Waals surface area (Å²) in [5.41, 5.74) is 0.722. The van der Waals surface area contributed by atoms with Crippen LogP contribution in [-0.4, -0.2) is 68.7 Å². The number of aromatic nitrogens is 5. The highest BCUT2D eigenvalue weighted by Crippen LogP contribution is 2.17. The number of rotatable bonds is 7. The Hall–Kier alpha value is -2.59. The van der Waals surface area contributed by atoms with Gasteiger partial charge < -0.3 is 10.2 Å². The molecule has 0 aliphatic carbocycles. The molecule has 0 aromatic carbocycles. The molecule has 1 aliphatic heterocycles. The SMILES string of the molecule is CCCc1cc(=O)n2nc(NCCN3CCN(c4ncccn4)CC3)sc2n1. The summed E-state index contributed by atoms with van der Waals surface area (Å²) in [6.07, 6.45) is 5.34. The molecule has 9 nitrogen and oxygen atoms in total. The third kappa shape index (κ3) is 4.28. The van der Waals surface area contributed by atoms with Crippen molar-refractivity contribution in [1.29, 1.82) is 0 Å². The molecule has 1 N–H and O–H groups in total. The Labute approximate surface area is 167 Å². The van der Waals surface area contributed by atoms with Gasteiger partial charge in [-0.3, -0.25) is 9.69 Å². The van der Waals surface area contributed by atoms with E-state index in [0.29, 0.717) is 4.96 Å². The lowest BCUT2D eigenvalue weighted by molar-refractivity contribution is 0.266. The van der Waals surface area contributed by atoms with E-state index in [1.165, 1.54) is 15.9 Å². The lowest BCUT2D eigenvalue weighted by Gasteiger charge is -2.34. The summed E-state index contributed by atoms with van der Waals surface area (Å²) in [5, 5.41) is 8.42. The fourth-order valence-electron chi connectivity index (χ4n) is 3.26. The minimum atomic E-state index is -0.114. The Morgan fingerprint density at radius 1 is 1.18 bits per heavy atom. The summed E-state index contributed by atoms with van der Waals surface area (Å²) in [6.45, 7) is 7.56. The zero-order valence-corrected chi connectivity index (χ0v) is 16.7. The molecule has 28 heavy (non-hydrogen) atoms. The molecule has 0 spiro atoms. The number of nitrogens with one attached hydrogen (secondary N) is 1. The van der Waals surface area contributed by atoms with Crippen molar-refractivity contribution >= 4 is 27.4 Å². The first-order chi connectivity index (χ1) is 13.7. The quantitative estimate of drug-likeness (QED) is 0.631. The zero-order valence-electron chi connectivity index (χ0n) is 15.9. The van der Waals surface area contributed by atoms with Crippen molar-refractivity contribution in [3.63, 3.8) is 0 Å². The molecule has 3 aromatic heterocycles. The van der Waals surface area contributed by atoms with Crippen molar-refractivity contribution in [2.24, 2.45) is 0 Å². The largest absolute Gasteiger partial charge is 0.359 e. The van der Waals surface area contributed by atoms with Gasteiger partial charge in [0.2, 0.25) is 16.0 Å². The van der Waals surface area contributed by atoms with Crippen LogP contribution in [0.5, 0.6) is 0 Å². The number of piperazine rings is 1. The first kappa shape index (κ1) is 18.8. The smallest absolute Gasteiger partial charge is 0.275 e. The van der Waals surface area contributed by atoms with Gasteiger partial charge in [0.15, 0.2) is 0 Å². The molecule has 0 amide bonds. The number of anilines is 2. The first-order valence-corrected chi connectivity index (χ1v) is 10.4. The molecule has 0 unspecified atom stereocenters. The number of nitrogens with zero attached hydrogens (tertiary/aromatic N) is 7. The van der Waals surface area contributed by atoms with Gasteiger partial charge in [-0.2, -0.15) is 4.52 Å². The van der Waals surface area contributed by atoms with Crippen LogP contribution in [-0.2, 0) is 6.42 Å². The summed E-state index contributed by atoms with van der Waals surface area (Å²) in [5.74, 6) is 0.801. The van der Waals surface area contributed by atoms with E-state index in [1.54, 1.807) is 18.5 Å². The van der Waals surface area contributed by atoms with Crippen molar-refractivity contribution in [3.8, 4) is 0 Å². The van der Waals surface area contributed by atoms with Crippen LogP contribution in [0.15, 0.2) is 29.3 Å². The van der Waals surface area contributed by atoms with Crippen molar-refractivity contribution in [1.82, 2.24) is 29.5 Å². The van der Waals surface area contributed by atoms with Crippen LogP contribution >= 0.6 is 11.3 Å². The molecule has 1 aliphatic rings. The number of fused-ring (bicyclic) bond motifs is 1. The normalized spacial score (nSPS) is 15.2. The van der Waals surface area contributed by atoms with Gasteiger partial charge >= 0.3 is 0 Å². The Morgan fingerprint density at radius 2 is 1.96 bits per heavy atom. The summed E-state index contributed by atoms with van der Waals surface area (Å²) >= 11 is 1.42. The van der Waals surface area contributed by atoms with E-state index in [1.807, 2.05) is 6.07 Å². The fourth-order valence-corrected chi connectivity index (χ4v) is 4.11. The third-order valence-corrected chi connectivity index (χ3v) is 5.58. The van der Waals surface area contributed by atoms with E-state index in [4.69, 9.17) is 0 Å². The minimum absolute atomic E-state index is 0.114. The molecule has 4 heterocycles. The van der Waals surface area contributed by atoms with Crippen LogP contribution in [0.4, 0.5) is 11.1 Å². The lowest BCUT2D eigenvalue weighted by atomic mass is 10.2. The summed E-state index contributed by atoms with van der Waals surface area (Å²) in [6, 6.07) is 3.41. The van der Waals surface area contributed by atoms with E-state index < -0.39 is 0 Å². The number of aryl methyl sites for hydroxylation is 1. The van der Waals surface area contributed by atoms with Crippen LogP contribution in [0.2, 0.25) is 0 Å². The van der Waals surface area contributed by atoms with Crippen molar-refractivity contribution < 1.29 is 0 Å². The maximum absolute atomic E-state index is 12.2. The van der Waals surface area contributed by atoms with E-state index in [-0.39, 0.29) is 5.56 Å². The highest BCUT2D eigenvalue weighted by molar-refractivity contribution is 7.20. The van der Waals surface area contributed by atoms with Crippen LogP contribution < -0.4 is 15.8 Å². The monoisotopic (exact) mass is 400 g/mol. The predicted molar refractivity (Wildman–Crippen MR) is 110 cm³/mol. The Morgan fingerprint density at radius 3 is 2.71 bits per heavy atom. The van der Waals surface area contributed by atoms with E-state index >= 15 is 0 Å². The zero-order chi connectivity index (χ0) is 19.3. The van der Waals surface area contributed by atoms with Gasteiger partial charge in [0.25, 0.3) is 5.56 Å². The van der Waals surface area contributed by atoms with Gasteiger partial charge in [0.1, 0.15) is 0 Å². The second kappa shape index (κ2) is 8.61. The van der Waals surface area contributed by atoms with Crippen LogP contribution in [0.25, 0.3) is 4.96 Å². The molecule has 0 saturated carbocycles. The van der Waals surface area contributed by atoms with Crippen LogP contribution in [0.3, 0.4) is 0 Å². The second-order valence-electron chi connectivity index (χ2n) is 6.74. The van der Waals surface area contributed by atoms with Crippen molar-refractivity contribution in [2.45, 2.75) is 19.8 Å². The Bertz CT molecular complexity index is 965. The standard InChI is InChI=1S/C18H24N8OS/c1-2-4-14-13-15(27)26-18(22-14)28-17(23-26)21-7-8-24-9-11-25(12-10-24)16-19-5-3-6-20-16/h3,5-6,13H,2,4,7-12H2,1H3,(H,21,23). The third-order valence-electron chi connectivity index (χ3n) is 4.72. The van der Waals surface area contributed by atoms with Crippen LogP contribution in [0, 0.1) is 0 Å². The van der Waals surface area contributed by atoms with Crippen molar-refractivity contribution in [2.75, 3.05) is 49.5 Å². The van der Waals surface area contributed by atoms with Crippen molar-refractivity contribution in [3.05, 3.63) is 40.6 Å². The molecule has 1 fully saturated rings. The maximum Gasteiger partial charge on any atom is 0.275 e. The van der Waals surface area contributed by atoms with Gasteiger partial charge in [-0.25, -0.2) is 15.0 Å². The molecule has 0 bridgehead atoms. The van der Waals surface area contributed by atoms with Gasteiger partial charge in [0.05, 0.1) is 0 Å². The molecule has 0 atom stereocenters. The summed E-state index contributed by atoms with van der Waals surface area (Å²) in [4.78, 5) is 30.6. The van der Waals surface area contributed by atoms with Gasteiger partial charge in [0, 0.05) is 63.4 Å². The summed E-state index contributed by atoms with van der Waals surface area (Å²) < 4.78 is 1.38. The highest BCUT2D eigenvalue weighted by Gasteiger charge is 2.18. The average molecular weight is 401 g/mol. The Kier molecular flexibility index (Phi) is 5.77. The Balaban J connectivity index is 1.29. The van der Waals surface area contributed by atoms with Gasteiger partial charge in [-0.05, 0) is 12.5 Å². The van der Waals surface area contributed by atoms with Gasteiger partial charge in [-0.1, -0.05) is 24.7 Å². The van der Waals surface area contributed by atoms with Crippen LogP contribution in [0.1, 0.15) is 19.0 Å². The maximum atomic E-state index is 12.2. The van der Waals surface area contributed by atoms with E-state index in [9.17, 15) is 4.79 Å². The fraction of sp³-hybridized carbons (Fsp3) is 0.500.